The highest BCUT2D eigenvalue weighted by Crippen LogP contribution is 2.41. The van der Waals surface area contributed by atoms with Gasteiger partial charge in [-0.25, -0.2) is 44.1 Å². The lowest BCUT2D eigenvalue weighted by Gasteiger charge is -2.42. The fourth-order valence-corrected chi connectivity index (χ4v) is 17.3. The van der Waals surface area contributed by atoms with Crippen LogP contribution in [0.25, 0.3) is 44.6 Å². The number of ether oxygens (including phenoxy) is 7. The van der Waals surface area contributed by atoms with Crippen LogP contribution in [0.15, 0.2) is 108 Å². The third kappa shape index (κ3) is 23.7. The molecule has 125 heavy (non-hydrogen) atoms. The summed E-state index contributed by atoms with van der Waals surface area (Å²) >= 11 is 0. The average molecular weight is 1730 g/mol. The van der Waals surface area contributed by atoms with Crippen molar-refractivity contribution in [2.45, 2.75) is 206 Å². The number of hydrogen-bond donors (Lipinski definition) is 6. The highest BCUT2D eigenvalue weighted by Gasteiger charge is 2.53. The molecule has 3 amide bonds. The van der Waals surface area contributed by atoms with Crippen molar-refractivity contribution in [1.29, 1.82) is 0 Å². The molecule has 674 valence electrons. The number of carbonyl (C=O) groups excluding carboxylic acids is 7. The Morgan fingerprint density at radius 2 is 1.50 bits per heavy atom. The SMILES string of the molecule is CO[C@H]1C[C@@H]2CC[C@@H](C)[C@@](O)(O2)C(=O)C(=O)N2CCCC[C@H]2C(=O)O[C@H]([C@H](C)C[C@@H]2CC[C@H](n3cc(-c4cnc(N5CCN(c6ncc(C(=O)NCCOCCOCCC(=O)NCCCCn7nc(-c8ccc9oc(N)nc9c8)c8c(N)ncnc87)cn6)CC5)nc4)nn3)[C@H](OC)C2)CC(=O)[C@H](C)/C=C(\C)[C@@H](O)[C@@H](OC)C(=O)[C@H](C)C[C@H](C)/C=C/C=C/C=C/1C. The van der Waals surface area contributed by atoms with Crippen LogP contribution in [-0.4, -0.2) is 258 Å². The predicted molar refractivity (Wildman–Crippen MR) is 464 cm³/mol. The molecule has 4 aliphatic heterocycles. The van der Waals surface area contributed by atoms with E-state index in [1.165, 1.54) is 30.7 Å². The van der Waals surface area contributed by atoms with Crippen LogP contribution < -0.4 is 31.9 Å². The van der Waals surface area contributed by atoms with Crippen molar-refractivity contribution >= 4 is 86.9 Å². The molecule has 36 nitrogen and oxygen atoms in total. The topological polar surface area (TPSA) is 462 Å². The molecule has 1 aliphatic carbocycles. The quantitative estimate of drug-likeness (QED) is 0.0129. The molecule has 0 unspecified atom stereocenters. The normalized spacial score (nSPS) is 27.4. The molecule has 1 saturated carbocycles. The predicted octanol–water partition coefficient (Wildman–Crippen LogP) is 8.09. The van der Waals surface area contributed by atoms with Gasteiger partial charge in [0, 0.05) is 147 Å². The summed E-state index contributed by atoms with van der Waals surface area (Å²) in [6.07, 6.45) is 22.6. The first-order chi connectivity index (χ1) is 60.2. The number of esters is 1. The fraction of sp³-hybridized carbons (Fsp3) is 0.584. The van der Waals surface area contributed by atoms with Gasteiger partial charge in [0.2, 0.25) is 23.6 Å². The van der Waals surface area contributed by atoms with Gasteiger partial charge < -0.3 is 84.6 Å². The third-order valence-electron chi connectivity index (χ3n) is 24.7. The number of allylic oxidation sites excluding steroid dienone is 6. The van der Waals surface area contributed by atoms with Crippen molar-refractivity contribution in [3.63, 3.8) is 0 Å². The maximum Gasteiger partial charge on any atom is 0.329 e. The number of nitrogen functional groups attached to an aromatic ring is 2. The van der Waals surface area contributed by atoms with Crippen LogP contribution in [0.5, 0.6) is 0 Å². The Kier molecular flexibility index (Phi) is 32.8. The monoisotopic (exact) mass is 1730 g/mol. The van der Waals surface area contributed by atoms with Crippen molar-refractivity contribution in [3.05, 3.63) is 109 Å². The number of nitrogens with one attached hydrogen (secondary N) is 2. The molecule has 7 aromatic rings. The van der Waals surface area contributed by atoms with Gasteiger partial charge in [0.15, 0.2) is 17.0 Å². The van der Waals surface area contributed by atoms with Gasteiger partial charge >= 0.3 is 5.97 Å². The van der Waals surface area contributed by atoms with Crippen LogP contribution >= 0.6 is 0 Å². The lowest BCUT2D eigenvalue weighted by atomic mass is 9.77. The Hall–Kier alpha value is -10.7. The number of piperidine rings is 1. The van der Waals surface area contributed by atoms with Gasteiger partial charge in [-0.1, -0.05) is 76.3 Å². The number of oxazole rings is 1. The lowest BCUT2D eigenvalue weighted by Crippen LogP contribution is -2.61. The van der Waals surface area contributed by atoms with E-state index in [9.17, 15) is 43.8 Å². The molecule has 2 bridgehead atoms. The second kappa shape index (κ2) is 43.9. The van der Waals surface area contributed by atoms with E-state index >= 15 is 0 Å². The number of unbranched alkanes of at least 4 members (excludes halogenated alkanes) is 1. The highest BCUT2D eigenvalue weighted by molar-refractivity contribution is 6.39. The number of nitrogens with zero attached hydrogens (tertiary/aromatic N) is 15. The molecule has 8 N–H and O–H groups in total. The maximum absolute atomic E-state index is 14.9. The molecule has 0 spiro atoms. The van der Waals surface area contributed by atoms with Gasteiger partial charge in [0.05, 0.1) is 67.9 Å². The van der Waals surface area contributed by atoms with Crippen LogP contribution in [0.4, 0.5) is 23.7 Å². The third-order valence-corrected chi connectivity index (χ3v) is 24.7. The molecule has 1 aromatic carbocycles. The van der Waals surface area contributed by atoms with E-state index in [-0.39, 0.29) is 119 Å². The smallest absolute Gasteiger partial charge is 0.329 e. The standard InChI is InChI=1S/C89H121N19O17/c1-53-18-12-11-13-19-54(2)71(118-8)45-64-24-21-59(7)89(117,125-64)80(113)84(115)106-30-16-14-20-68(106)85(116)123-72(46-69(109)55(3)41-58(6)78(112)79(120-10)77(111)57(5)40-53)56(4)42-60-22-25-67(73(43-60)119-9)108-51-66(101-103-108)62-47-94-87(95-48-62)104-32-34-105(35-33-104)88-96-49-63(50-97-88)83(114)93-29-37-122-39-38-121-36-27-74(110)92-28-15-17-31-107-82-75(81(90)98-52-99-82)76(102-107)61-23-26-70-65(44-61)100-86(91)124-70/h11-13,18-19,23,26,41,44,47-53,55-57,59-60,64,67-68,71-73,78-79,112,117H,14-17,20-22,24-25,27-40,42-43,45-46H2,1-10H3,(H2,91,100)(H,92,110)(H,93,114)(H2,90,98,99)/b13-11+,18-12+,54-19+,58-41+/t53-,55-,56-,57-,59-,60+,64+,67+,68+,71+,72+,73-,78-,79+,89-/m1/s1. The number of ketones is 3. The molecule has 6 aromatic heterocycles. The summed E-state index contributed by atoms with van der Waals surface area (Å²) in [4.78, 5) is 135. The number of benzene rings is 1. The molecule has 3 saturated heterocycles. The number of piperazine rings is 1. The number of nitrogens with two attached hydrogens (primary N) is 2. The van der Waals surface area contributed by atoms with Crippen LogP contribution in [0.3, 0.4) is 0 Å². The van der Waals surface area contributed by atoms with Gasteiger partial charge in [-0.15, -0.1) is 5.10 Å². The number of cyclic esters (lactones) is 1. The van der Waals surface area contributed by atoms with E-state index in [0.717, 1.165) is 17.6 Å². The van der Waals surface area contributed by atoms with Gasteiger partial charge in [0.25, 0.3) is 23.6 Å². The Balaban J connectivity index is 0.582. The number of hydrogen-bond acceptors (Lipinski definition) is 31. The highest BCUT2D eigenvalue weighted by atomic mass is 16.6. The van der Waals surface area contributed by atoms with E-state index in [4.69, 9.17) is 64.1 Å². The first kappa shape index (κ1) is 93.4. The average Bonchev–Trinajstić information content (AvgIpc) is 1.70. The number of amides is 3. The van der Waals surface area contributed by atoms with E-state index in [2.05, 4.69) is 50.8 Å². The largest absolute Gasteiger partial charge is 0.460 e. The van der Waals surface area contributed by atoms with Crippen molar-refractivity contribution in [1.82, 2.24) is 75.2 Å². The Labute approximate surface area is 727 Å². The fourth-order valence-electron chi connectivity index (χ4n) is 17.3. The van der Waals surface area contributed by atoms with Crippen LogP contribution in [-0.2, 0) is 68.5 Å². The Morgan fingerprint density at radius 1 is 0.760 bits per heavy atom. The number of aromatic nitrogens is 12. The summed E-state index contributed by atoms with van der Waals surface area (Å²) in [5, 5.41) is 44.3. The van der Waals surface area contributed by atoms with Crippen molar-refractivity contribution < 1.29 is 81.4 Å². The number of aryl methyl sites for hydroxylation is 1. The van der Waals surface area contributed by atoms with E-state index in [0.29, 0.717) is 171 Å². The summed E-state index contributed by atoms with van der Waals surface area (Å²) in [6, 6.07) is 4.14. The van der Waals surface area contributed by atoms with Crippen LogP contribution in [0, 0.1) is 35.5 Å². The minimum atomic E-state index is -2.48. The number of rotatable bonds is 26. The number of Topliss-reactive ketones (excluding diaryl/α,β-unsaturated/α-hetero) is 3. The second-order valence-electron chi connectivity index (χ2n) is 33.7. The van der Waals surface area contributed by atoms with Gasteiger partial charge in [-0.05, 0) is 138 Å². The summed E-state index contributed by atoms with van der Waals surface area (Å²) in [7, 11) is 4.61. The van der Waals surface area contributed by atoms with Crippen molar-refractivity contribution in [2.75, 3.05) is 115 Å². The zero-order chi connectivity index (χ0) is 89.0. The minimum absolute atomic E-state index is 0.0176. The molecule has 12 rings (SSSR count). The first-order valence-electron chi connectivity index (χ1n) is 43.6. The number of carbonyl (C=O) groups is 7. The number of aliphatic hydroxyl groups is 2. The van der Waals surface area contributed by atoms with E-state index < -0.39 is 83.7 Å². The van der Waals surface area contributed by atoms with Crippen molar-refractivity contribution in [3.8, 4) is 22.5 Å². The maximum atomic E-state index is 14.9. The second-order valence-corrected chi connectivity index (χ2v) is 33.7. The zero-order valence-corrected chi connectivity index (χ0v) is 73.2. The molecule has 15 atom stereocenters. The summed E-state index contributed by atoms with van der Waals surface area (Å²) in [6.45, 7) is 17.3. The van der Waals surface area contributed by atoms with Crippen molar-refractivity contribution in [2.24, 2.45) is 35.5 Å². The first-order valence-corrected chi connectivity index (χ1v) is 43.6. The van der Waals surface area contributed by atoms with E-state index in [1.54, 1.807) is 64.2 Å². The number of aliphatic hydroxyl groups excluding tert-OH is 1. The number of methoxy groups -OCH3 is 3. The number of anilines is 4. The molecular weight excluding hydrogens is 1610 g/mol. The summed E-state index contributed by atoms with van der Waals surface area (Å²) in [5.74, 6) is -7.61. The molecule has 0 radical (unpaired) electrons. The molecular formula is C89H121N19O17. The minimum Gasteiger partial charge on any atom is -0.460 e. The van der Waals surface area contributed by atoms with Gasteiger partial charge in [-0.2, -0.15) is 10.1 Å². The van der Waals surface area contributed by atoms with Gasteiger partial charge in [0.1, 0.15) is 59.2 Å². The molecule has 10 heterocycles. The summed E-state index contributed by atoms with van der Waals surface area (Å²) < 4.78 is 50.8. The Morgan fingerprint density at radius 3 is 2.22 bits per heavy atom. The lowest BCUT2D eigenvalue weighted by molar-refractivity contribution is -0.265. The number of fused-ring (bicyclic) bond motifs is 5. The van der Waals surface area contributed by atoms with E-state index in [1.807, 2.05) is 86.0 Å². The van der Waals surface area contributed by atoms with Gasteiger partial charge in [-0.3, -0.25) is 28.8 Å². The molecule has 5 aliphatic rings. The molecule has 4 fully saturated rings. The van der Waals surface area contributed by atoms with Crippen LogP contribution in [0.1, 0.15) is 161 Å². The Bertz CT molecular complexity index is 4970. The zero-order valence-electron chi connectivity index (χ0n) is 73.2. The van der Waals surface area contributed by atoms with Crippen LogP contribution in [0.2, 0.25) is 0 Å². The molecule has 36 heteroatoms. The summed E-state index contributed by atoms with van der Waals surface area (Å²) in [5.41, 5.74) is 18.0.